The van der Waals surface area contributed by atoms with E-state index in [0.29, 0.717) is 16.8 Å². The molecule has 8 heteroatoms. The van der Waals surface area contributed by atoms with E-state index in [2.05, 4.69) is 10.3 Å². The van der Waals surface area contributed by atoms with Crippen molar-refractivity contribution in [3.05, 3.63) is 64.8 Å². The van der Waals surface area contributed by atoms with Crippen molar-refractivity contribution >= 4 is 41.4 Å². The van der Waals surface area contributed by atoms with Crippen molar-refractivity contribution in [2.75, 3.05) is 13.1 Å². The van der Waals surface area contributed by atoms with Crippen LogP contribution in [0.25, 0.3) is 27.9 Å². The predicted octanol–water partition coefficient (Wildman–Crippen LogP) is 4.00. The average molecular weight is 434 g/mol. The van der Waals surface area contributed by atoms with E-state index in [9.17, 15) is 4.79 Å². The first-order valence-electron chi connectivity index (χ1n) is 9.07. The van der Waals surface area contributed by atoms with Gasteiger partial charge in [-0.1, -0.05) is 0 Å². The Labute approximate surface area is 179 Å². The van der Waals surface area contributed by atoms with Crippen LogP contribution in [0.2, 0.25) is 0 Å². The molecule has 1 fully saturated rings. The number of imidazole rings is 1. The van der Waals surface area contributed by atoms with Crippen LogP contribution in [0.1, 0.15) is 12.0 Å². The molecule has 152 valence electrons. The van der Waals surface area contributed by atoms with Gasteiger partial charge in [0.15, 0.2) is 0 Å². The number of halogens is 2. The topological polar surface area (TPSA) is 68.8 Å². The van der Waals surface area contributed by atoms with Gasteiger partial charge in [0.1, 0.15) is 23.1 Å². The molecule has 1 aliphatic rings. The van der Waals surface area contributed by atoms with Gasteiger partial charge in [0.25, 0.3) is 0 Å². The van der Waals surface area contributed by atoms with Crippen LogP contribution in [-0.4, -0.2) is 28.6 Å². The van der Waals surface area contributed by atoms with E-state index < -0.39 is 5.63 Å². The van der Waals surface area contributed by atoms with Crippen molar-refractivity contribution in [1.29, 1.82) is 0 Å². The summed E-state index contributed by atoms with van der Waals surface area (Å²) >= 11 is 0. The minimum absolute atomic E-state index is 0. The average Bonchev–Trinajstić information content (AvgIpc) is 3.30. The summed E-state index contributed by atoms with van der Waals surface area (Å²) in [5, 5.41) is 4.11. The Bertz CT molecular complexity index is 1210. The second kappa shape index (κ2) is 8.45. The summed E-state index contributed by atoms with van der Waals surface area (Å²) in [7, 11) is 0. The number of benzene rings is 1. The zero-order chi connectivity index (χ0) is 18.4. The molecule has 1 saturated heterocycles. The highest BCUT2D eigenvalue weighted by Crippen LogP contribution is 2.25. The molecule has 1 N–H and O–H groups in total. The molecular weight excluding hydrogens is 413 g/mol. The number of aromatic nitrogens is 2. The number of hydrogen-bond donors (Lipinski definition) is 1. The smallest absolute Gasteiger partial charge is 0.345 e. The lowest BCUT2D eigenvalue weighted by molar-refractivity contribution is 0.223. The van der Waals surface area contributed by atoms with E-state index in [1.807, 2.05) is 54.0 Å². The molecule has 4 heterocycles. The third-order valence-electron chi connectivity index (χ3n) is 4.92. The summed E-state index contributed by atoms with van der Waals surface area (Å²) < 4.78 is 13.4. The SMILES string of the molecule is Cc1ccn2cc(-c3cc4ccc(O[C@@H]5CCNC5)cc4oc3=O)nc2c1.Cl.Cl. The number of nitrogens with zero attached hydrogens (tertiary/aromatic N) is 2. The van der Waals surface area contributed by atoms with E-state index in [0.717, 1.165) is 41.9 Å². The van der Waals surface area contributed by atoms with Crippen LogP contribution in [0.4, 0.5) is 0 Å². The standard InChI is InChI=1S/C21H19N3O3.2ClH/c1-13-5-7-24-12-18(23-20(24)8-13)17-9-14-2-3-15(10-19(14)27-21(17)25)26-16-4-6-22-11-16;;/h2-3,5,7-10,12,16,22H,4,6,11H2,1H3;2*1H/t16-;;/m1../s1. The summed E-state index contributed by atoms with van der Waals surface area (Å²) in [5.74, 6) is 0.718. The fourth-order valence-electron chi connectivity index (χ4n) is 3.48. The number of pyridine rings is 1. The van der Waals surface area contributed by atoms with Gasteiger partial charge in [0, 0.05) is 30.4 Å². The summed E-state index contributed by atoms with van der Waals surface area (Å²) in [5.41, 5.74) is 3.11. The van der Waals surface area contributed by atoms with Crippen LogP contribution in [0, 0.1) is 6.92 Å². The van der Waals surface area contributed by atoms with Crippen molar-refractivity contribution in [3.8, 4) is 17.0 Å². The van der Waals surface area contributed by atoms with Gasteiger partial charge in [0.05, 0.1) is 11.3 Å². The van der Waals surface area contributed by atoms with Crippen LogP contribution < -0.4 is 15.7 Å². The second-order valence-corrected chi connectivity index (χ2v) is 6.98. The van der Waals surface area contributed by atoms with Gasteiger partial charge in [-0.2, -0.15) is 0 Å². The largest absolute Gasteiger partial charge is 0.489 e. The lowest BCUT2D eigenvalue weighted by Gasteiger charge is -2.12. The Hall–Kier alpha value is -2.54. The van der Waals surface area contributed by atoms with Gasteiger partial charge >= 0.3 is 5.63 Å². The van der Waals surface area contributed by atoms with Gasteiger partial charge in [-0.25, -0.2) is 9.78 Å². The van der Waals surface area contributed by atoms with Crippen LogP contribution >= 0.6 is 24.8 Å². The van der Waals surface area contributed by atoms with Crippen LogP contribution in [0.15, 0.2) is 58.0 Å². The number of rotatable bonds is 3. The third kappa shape index (κ3) is 4.10. The number of hydrogen-bond acceptors (Lipinski definition) is 5. The highest BCUT2D eigenvalue weighted by atomic mass is 35.5. The van der Waals surface area contributed by atoms with Gasteiger partial charge in [-0.05, 0) is 55.8 Å². The maximum absolute atomic E-state index is 12.6. The van der Waals surface area contributed by atoms with Crippen molar-refractivity contribution in [2.45, 2.75) is 19.4 Å². The maximum Gasteiger partial charge on any atom is 0.345 e. The molecule has 5 rings (SSSR count). The lowest BCUT2D eigenvalue weighted by atomic mass is 10.1. The second-order valence-electron chi connectivity index (χ2n) is 6.98. The maximum atomic E-state index is 12.6. The van der Waals surface area contributed by atoms with Gasteiger partial charge in [0.2, 0.25) is 0 Å². The van der Waals surface area contributed by atoms with Crippen molar-refractivity contribution < 1.29 is 9.15 Å². The molecule has 3 aromatic heterocycles. The van der Waals surface area contributed by atoms with Crippen LogP contribution in [-0.2, 0) is 0 Å². The quantitative estimate of drug-likeness (QED) is 0.494. The van der Waals surface area contributed by atoms with E-state index in [4.69, 9.17) is 9.15 Å². The molecule has 0 bridgehead atoms. The Morgan fingerprint density at radius 3 is 2.86 bits per heavy atom. The molecular formula is C21H21Cl2N3O3. The number of ether oxygens (including phenoxy) is 1. The minimum atomic E-state index is -0.401. The van der Waals surface area contributed by atoms with Gasteiger partial charge < -0.3 is 18.9 Å². The van der Waals surface area contributed by atoms with Gasteiger partial charge in [-0.15, -0.1) is 24.8 Å². The van der Waals surface area contributed by atoms with E-state index in [1.165, 1.54) is 0 Å². The highest BCUT2D eigenvalue weighted by Gasteiger charge is 2.17. The molecule has 4 aromatic rings. The van der Waals surface area contributed by atoms with Crippen molar-refractivity contribution in [3.63, 3.8) is 0 Å². The highest BCUT2D eigenvalue weighted by molar-refractivity contribution is 5.85. The first-order valence-corrected chi connectivity index (χ1v) is 9.07. The molecule has 0 unspecified atom stereocenters. The summed E-state index contributed by atoms with van der Waals surface area (Å²) in [4.78, 5) is 17.1. The zero-order valence-corrected chi connectivity index (χ0v) is 17.4. The molecule has 29 heavy (non-hydrogen) atoms. The molecule has 0 spiro atoms. The van der Waals surface area contributed by atoms with Gasteiger partial charge in [-0.3, -0.25) is 0 Å². The molecule has 0 aliphatic carbocycles. The molecule has 6 nitrogen and oxygen atoms in total. The number of aryl methyl sites for hydroxylation is 1. The predicted molar refractivity (Wildman–Crippen MR) is 118 cm³/mol. The molecule has 1 atom stereocenters. The van der Waals surface area contributed by atoms with Crippen molar-refractivity contribution in [2.24, 2.45) is 0 Å². The minimum Gasteiger partial charge on any atom is -0.489 e. The summed E-state index contributed by atoms with van der Waals surface area (Å²) in [6.07, 6.45) is 4.92. The molecule has 0 radical (unpaired) electrons. The van der Waals surface area contributed by atoms with Crippen LogP contribution in [0.3, 0.4) is 0 Å². The fraction of sp³-hybridized carbons (Fsp3) is 0.238. The summed E-state index contributed by atoms with van der Waals surface area (Å²) in [6, 6.07) is 11.4. The van der Waals surface area contributed by atoms with E-state index in [1.54, 1.807) is 6.07 Å². The molecule has 1 aromatic carbocycles. The Morgan fingerprint density at radius 1 is 1.21 bits per heavy atom. The van der Waals surface area contributed by atoms with Crippen molar-refractivity contribution in [1.82, 2.24) is 14.7 Å². The van der Waals surface area contributed by atoms with E-state index >= 15 is 0 Å². The first kappa shape index (κ1) is 21.2. The Balaban J connectivity index is 0.00000120. The Morgan fingerprint density at radius 2 is 2.07 bits per heavy atom. The monoisotopic (exact) mass is 433 g/mol. The fourth-order valence-corrected chi connectivity index (χ4v) is 3.48. The van der Waals surface area contributed by atoms with E-state index in [-0.39, 0.29) is 30.9 Å². The normalized spacial score (nSPS) is 15.8. The third-order valence-corrected chi connectivity index (χ3v) is 4.92. The number of fused-ring (bicyclic) bond motifs is 2. The molecule has 1 aliphatic heterocycles. The summed E-state index contributed by atoms with van der Waals surface area (Å²) in [6.45, 7) is 3.82. The van der Waals surface area contributed by atoms with Crippen LogP contribution in [0.5, 0.6) is 5.75 Å². The number of nitrogens with one attached hydrogen (secondary N) is 1. The Kier molecular flexibility index (Phi) is 6.17. The zero-order valence-electron chi connectivity index (χ0n) is 15.8. The first-order chi connectivity index (χ1) is 13.2. The lowest BCUT2D eigenvalue weighted by Crippen LogP contribution is -2.19. The molecule has 0 amide bonds. The molecule has 0 saturated carbocycles.